The summed E-state index contributed by atoms with van der Waals surface area (Å²) in [5.74, 6) is 0. The first-order valence-electron chi connectivity index (χ1n) is 2.70. The van der Waals surface area contributed by atoms with Crippen molar-refractivity contribution in [2.75, 3.05) is 14.1 Å². The van der Waals surface area contributed by atoms with Crippen molar-refractivity contribution in [3.8, 4) is 0 Å². The number of hydrogen-bond donors (Lipinski definition) is 0. The molecular formula is C7H10N+. The SMILES string of the molecule is C[N+](C)=C1C=CC=C1. The highest BCUT2D eigenvalue weighted by atomic mass is 14.9. The van der Waals surface area contributed by atoms with Gasteiger partial charge in [-0.3, -0.25) is 0 Å². The second-order valence-corrected chi connectivity index (χ2v) is 2.04. The lowest BCUT2D eigenvalue weighted by atomic mass is 10.4. The van der Waals surface area contributed by atoms with Crippen molar-refractivity contribution in [1.29, 1.82) is 0 Å². The maximum Gasteiger partial charge on any atom is 0.199 e. The third-order valence-electron chi connectivity index (χ3n) is 1.16. The molecular weight excluding hydrogens is 98.1 g/mol. The van der Waals surface area contributed by atoms with E-state index in [1.807, 2.05) is 26.2 Å². The Morgan fingerprint density at radius 3 is 1.88 bits per heavy atom. The van der Waals surface area contributed by atoms with Crippen molar-refractivity contribution in [3.05, 3.63) is 24.3 Å². The lowest BCUT2D eigenvalue weighted by Gasteiger charge is -1.84. The molecule has 0 saturated carbocycles. The van der Waals surface area contributed by atoms with Crippen LogP contribution in [0.3, 0.4) is 0 Å². The molecule has 1 aliphatic carbocycles. The molecule has 42 valence electrons. The summed E-state index contributed by atoms with van der Waals surface area (Å²) in [7, 11) is 4.07. The predicted octanol–water partition coefficient (Wildman–Crippen LogP) is 0.825. The third kappa shape index (κ3) is 0.861. The first-order chi connectivity index (χ1) is 3.80. The molecule has 1 heteroatoms. The molecule has 0 fully saturated rings. The third-order valence-corrected chi connectivity index (χ3v) is 1.16. The fourth-order valence-electron chi connectivity index (χ4n) is 0.662. The van der Waals surface area contributed by atoms with E-state index in [1.54, 1.807) is 0 Å². The molecule has 1 aliphatic rings. The Balaban J connectivity index is 2.90. The molecule has 0 aliphatic heterocycles. The van der Waals surface area contributed by atoms with Crippen molar-refractivity contribution < 1.29 is 4.58 Å². The summed E-state index contributed by atoms with van der Waals surface area (Å²) < 4.78 is 2.08. The number of rotatable bonds is 0. The molecule has 0 bridgehead atoms. The van der Waals surface area contributed by atoms with Crippen LogP contribution in [0.1, 0.15) is 0 Å². The normalized spacial score (nSPS) is 15.5. The molecule has 0 aromatic heterocycles. The van der Waals surface area contributed by atoms with Crippen LogP contribution in [0.25, 0.3) is 0 Å². The lowest BCUT2D eigenvalue weighted by Crippen LogP contribution is -2.05. The van der Waals surface area contributed by atoms with Gasteiger partial charge in [-0.15, -0.1) is 0 Å². The Bertz CT molecular complexity index is 155. The largest absolute Gasteiger partial charge is 0.235 e. The van der Waals surface area contributed by atoms with Gasteiger partial charge in [0.25, 0.3) is 0 Å². The molecule has 1 nitrogen and oxygen atoms in total. The van der Waals surface area contributed by atoms with Crippen LogP contribution in [0.5, 0.6) is 0 Å². The quantitative estimate of drug-likeness (QED) is 0.404. The van der Waals surface area contributed by atoms with Crippen LogP contribution in [0.4, 0.5) is 0 Å². The van der Waals surface area contributed by atoms with Crippen LogP contribution in [-0.2, 0) is 0 Å². The minimum Gasteiger partial charge on any atom is -0.235 e. The molecule has 0 amide bonds. The van der Waals surface area contributed by atoms with E-state index in [9.17, 15) is 0 Å². The molecule has 8 heavy (non-hydrogen) atoms. The van der Waals surface area contributed by atoms with Crippen LogP contribution >= 0.6 is 0 Å². The van der Waals surface area contributed by atoms with Crippen molar-refractivity contribution in [3.63, 3.8) is 0 Å². The molecule has 0 aromatic rings. The second kappa shape index (κ2) is 1.95. The monoisotopic (exact) mass is 108 g/mol. The van der Waals surface area contributed by atoms with Crippen LogP contribution in [0, 0.1) is 0 Å². The van der Waals surface area contributed by atoms with Crippen molar-refractivity contribution in [2.45, 2.75) is 0 Å². The maximum absolute atomic E-state index is 2.08. The summed E-state index contributed by atoms with van der Waals surface area (Å²) in [6.07, 6.45) is 8.24. The summed E-state index contributed by atoms with van der Waals surface area (Å²) in [6.45, 7) is 0. The molecule has 0 spiro atoms. The first kappa shape index (κ1) is 5.29. The van der Waals surface area contributed by atoms with Gasteiger partial charge in [-0.2, -0.15) is 0 Å². The smallest absolute Gasteiger partial charge is 0.199 e. The van der Waals surface area contributed by atoms with E-state index in [0.717, 1.165) is 0 Å². The fraction of sp³-hybridized carbons (Fsp3) is 0.286. The van der Waals surface area contributed by atoms with Gasteiger partial charge in [0, 0.05) is 12.2 Å². The van der Waals surface area contributed by atoms with Gasteiger partial charge < -0.3 is 0 Å². The lowest BCUT2D eigenvalue weighted by molar-refractivity contribution is -0.462. The van der Waals surface area contributed by atoms with Gasteiger partial charge in [-0.1, -0.05) is 12.2 Å². The maximum atomic E-state index is 2.08. The van der Waals surface area contributed by atoms with E-state index < -0.39 is 0 Å². The molecule has 0 N–H and O–H groups in total. The van der Waals surface area contributed by atoms with Crippen molar-refractivity contribution >= 4 is 5.71 Å². The number of nitrogens with zero attached hydrogens (tertiary/aromatic N) is 1. The highest BCUT2D eigenvalue weighted by Crippen LogP contribution is 1.92. The van der Waals surface area contributed by atoms with E-state index in [-0.39, 0.29) is 0 Å². The number of allylic oxidation sites excluding steroid dienone is 4. The fourth-order valence-corrected chi connectivity index (χ4v) is 0.662. The van der Waals surface area contributed by atoms with Crippen molar-refractivity contribution in [1.82, 2.24) is 0 Å². The van der Waals surface area contributed by atoms with Gasteiger partial charge in [0.05, 0.1) is 0 Å². The second-order valence-electron chi connectivity index (χ2n) is 2.04. The van der Waals surface area contributed by atoms with E-state index in [1.165, 1.54) is 5.71 Å². The van der Waals surface area contributed by atoms with E-state index in [4.69, 9.17) is 0 Å². The van der Waals surface area contributed by atoms with Gasteiger partial charge in [0.2, 0.25) is 0 Å². The summed E-state index contributed by atoms with van der Waals surface area (Å²) in [5.41, 5.74) is 1.27. The minimum atomic E-state index is 1.27. The van der Waals surface area contributed by atoms with E-state index >= 15 is 0 Å². The van der Waals surface area contributed by atoms with Gasteiger partial charge in [0.1, 0.15) is 14.1 Å². The highest BCUT2D eigenvalue weighted by molar-refractivity contribution is 6.02. The van der Waals surface area contributed by atoms with Gasteiger partial charge in [-0.05, 0) is 0 Å². The van der Waals surface area contributed by atoms with E-state index in [2.05, 4.69) is 16.7 Å². The Morgan fingerprint density at radius 1 is 1.12 bits per heavy atom. The first-order valence-corrected chi connectivity index (χ1v) is 2.70. The molecule has 0 atom stereocenters. The average molecular weight is 108 g/mol. The Labute approximate surface area is 49.6 Å². The summed E-state index contributed by atoms with van der Waals surface area (Å²) in [5, 5.41) is 0. The topological polar surface area (TPSA) is 3.01 Å². The van der Waals surface area contributed by atoms with Gasteiger partial charge >= 0.3 is 0 Å². The predicted molar refractivity (Wildman–Crippen MR) is 35.4 cm³/mol. The van der Waals surface area contributed by atoms with Crippen LogP contribution < -0.4 is 0 Å². The average Bonchev–Trinajstić information content (AvgIpc) is 2.12. The molecule has 1 rings (SSSR count). The standard InChI is InChI=1S/C7H10N/c1-8(2)7-5-3-4-6-7/h3-6H,1-2H3/q+1. The van der Waals surface area contributed by atoms with Gasteiger partial charge in [0.15, 0.2) is 5.71 Å². The minimum absolute atomic E-state index is 1.27. The molecule has 0 unspecified atom stereocenters. The highest BCUT2D eigenvalue weighted by Gasteiger charge is 1.99. The Hall–Kier alpha value is -0.850. The van der Waals surface area contributed by atoms with Crippen LogP contribution in [0.15, 0.2) is 24.3 Å². The zero-order chi connectivity index (χ0) is 5.98. The summed E-state index contributed by atoms with van der Waals surface area (Å²) in [6, 6.07) is 0. The van der Waals surface area contributed by atoms with E-state index in [0.29, 0.717) is 0 Å². The van der Waals surface area contributed by atoms with Crippen LogP contribution in [0.2, 0.25) is 0 Å². The van der Waals surface area contributed by atoms with Crippen LogP contribution in [-0.4, -0.2) is 24.4 Å². The van der Waals surface area contributed by atoms with Gasteiger partial charge in [-0.25, -0.2) is 4.58 Å². The zero-order valence-corrected chi connectivity index (χ0v) is 5.26. The Kier molecular flexibility index (Phi) is 1.29. The zero-order valence-electron chi connectivity index (χ0n) is 5.26. The summed E-state index contributed by atoms with van der Waals surface area (Å²) >= 11 is 0. The Morgan fingerprint density at radius 2 is 1.62 bits per heavy atom. The summed E-state index contributed by atoms with van der Waals surface area (Å²) in [4.78, 5) is 0. The molecule has 0 aromatic carbocycles. The molecule has 0 heterocycles. The van der Waals surface area contributed by atoms with Crippen molar-refractivity contribution in [2.24, 2.45) is 0 Å². The molecule has 0 radical (unpaired) electrons. The molecule has 0 saturated heterocycles. The number of hydrogen-bond acceptors (Lipinski definition) is 0.